The SMILES string of the molecule is N[C@@H](C[S-])C(=O)O.N[C@@H](C[S-])C(=O)O.N[C@H](C[S-])C(=O)O.N[C@H](C[S-])C(=O)O.[Pt+4]. The third-order valence-electron chi connectivity index (χ3n) is 1.99. The second-order valence-electron chi connectivity index (χ2n) is 4.45. The molecule has 0 bridgehead atoms. The van der Waals surface area contributed by atoms with Gasteiger partial charge in [-0.1, -0.05) is 0 Å². The van der Waals surface area contributed by atoms with E-state index in [1.165, 1.54) is 0 Å². The Kier molecular flexibility index (Phi) is 35.0. The number of carboxylic acids is 4. The smallest absolute Gasteiger partial charge is 0.791 e. The van der Waals surface area contributed by atoms with Crippen LogP contribution in [0.4, 0.5) is 0 Å². The maximum atomic E-state index is 9.74. The van der Waals surface area contributed by atoms with Crippen molar-refractivity contribution >= 4 is 74.4 Å². The first-order chi connectivity index (χ1) is 12.7. The Bertz CT molecular complexity index is 388. The predicted molar refractivity (Wildman–Crippen MR) is 111 cm³/mol. The summed E-state index contributed by atoms with van der Waals surface area (Å²) in [6.07, 6.45) is 0. The van der Waals surface area contributed by atoms with Gasteiger partial charge in [0, 0.05) is 0 Å². The van der Waals surface area contributed by atoms with E-state index in [2.05, 4.69) is 50.5 Å². The van der Waals surface area contributed by atoms with Gasteiger partial charge in [0.15, 0.2) is 0 Å². The van der Waals surface area contributed by atoms with Crippen molar-refractivity contribution in [3.05, 3.63) is 0 Å². The van der Waals surface area contributed by atoms with Gasteiger partial charge in [0.1, 0.15) is 0 Å². The molecule has 0 aliphatic rings. The van der Waals surface area contributed by atoms with Gasteiger partial charge in [-0.15, -0.1) is 0 Å². The molecule has 0 spiro atoms. The summed E-state index contributed by atoms with van der Waals surface area (Å²) in [6, 6.07) is -3.46. The zero-order valence-corrected chi connectivity index (χ0v) is 20.4. The fourth-order valence-electron chi connectivity index (χ4n) is 0.285. The number of rotatable bonds is 8. The summed E-state index contributed by atoms with van der Waals surface area (Å²) in [6.45, 7) is 0. The standard InChI is InChI=1S/4C3H7NO2S.Pt/c4*4-2(1-7)3(5)6;/h4*2,7H,1,4H2,(H,5,6);/q;;;;+4/p-4/t4*2-;/m1100./s1. The van der Waals surface area contributed by atoms with Gasteiger partial charge >= 0.3 is 44.9 Å². The van der Waals surface area contributed by atoms with E-state index in [1.54, 1.807) is 0 Å². The van der Waals surface area contributed by atoms with E-state index in [0.29, 0.717) is 0 Å². The first-order valence-electron chi connectivity index (χ1n) is 6.99. The monoisotopic (exact) mass is 675 g/mol. The molecule has 0 amide bonds. The van der Waals surface area contributed by atoms with Crippen LogP contribution in [0.25, 0.3) is 0 Å². The van der Waals surface area contributed by atoms with Crippen molar-refractivity contribution in [3.8, 4) is 0 Å². The van der Waals surface area contributed by atoms with Crippen LogP contribution >= 0.6 is 0 Å². The number of carboxylic acid groups (broad SMARTS) is 4. The van der Waals surface area contributed by atoms with Crippen molar-refractivity contribution in [3.63, 3.8) is 0 Å². The molecule has 0 aromatic carbocycles. The van der Waals surface area contributed by atoms with Crippen LogP contribution in [0, 0.1) is 0 Å². The van der Waals surface area contributed by atoms with Crippen LogP contribution in [0.1, 0.15) is 0 Å². The van der Waals surface area contributed by atoms with Crippen molar-refractivity contribution in [1.82, 2.24) is 0 Å². The van der Waals surface area contributed by atoms with E-state index < -0.39 is 48.0 Å². The molecule has 0 fully saturated rings. The Morgan fingerprint density at radius 3 is 0.621 bits per heavy atom. The van der Waals surface area contributed by atoms with E-state index >= 15 is 0 Å². The fraction of sp³-hybridized carbons (Fsp3) is 0.667. The second kappa shape index (κ2) is 25.8. The summed E-state index contributed by atoms with van der Waals surface area (Å²) in [5, 5.41) is 32.0. The second-order valence-corrected chi connectivity index (χ2v) is 5.78. The van der Waals surface area contributed by atoms with Gasteiger partial charge in [-0.05, 0) is 0 Å². The van der Waals surface area contributed by atoms with E-state index in [1.807, 2.05) is 0 Å². The first-order valence-corrected chi connectivity index (χ1v) is 9.30. The molecule has 0 aliphatic carbocycles. The van der Waals surface area contributed by atoms with Crippen LogP contribution in [-0.4, -0.2) is 91.5 Å². The van der Waals surface area contributed by atoms with Gasteiger partial charge in [0.25, 0.3) is 0 Å². The summed E-state index contributed by atoms with van der Waals surface area (Å²) in [5.74, 6) is -3.81. The largest absolute Gasteiger partial charge is 4.00 e. The molecule has 0 rings (SSSR count). The number of carbonyl (C=O) groups is 4. The van der Waals surface area contributed by atoms with Crippen molar-refractivity contribution in [2.75, 3.05) is 23.0 Å². The van der Waals surface area contributed by atoms with E-state index in [-0.39, 0.29) is 44.1 Å². The van der Waals surface area contributed by atoms with Gasteiger partial charge in [-0.3, -0.25) is 19.2 Å². The molecule has 12 N–H and O–H groups in total. The Morgan fingerprint density at radius 2 is 0.621 bits per heavy atom. The molecular weight excluding hydrogens is 651 g/mol. The van der Waals surface area contributed by atoms with Crippen LogP contribution < -0.4 is 22.9 Å². The van der Waals surface area contributed by atoms with Crippen LogP contribution in [0.15, 0.2) is 0 Å². The number of nitrogens with two attached hydrogens (primary N) is 4. The topological polar surface area (TPSA) is 253 Å². The van der Waals surface area contributed by atoms with E-state index in [4.69, 9.17) is 43.4 Å². The average molecular weight is 676 g/mol. The van der Waals surface area contributed by atoms with Gasteiger partial charge < -0.3 is 93.9 Å². The number of hydrogen-bond acceptors (Lipinski definition) is 12. The molecule has 0 heterocycles. The van der Waals surface area contributed by atoms with Gasteiger partial charge in [-0.25, -0.2) is 0 Å². The minimum absolute atomic E-state index is 0. The molecule has 0 saturated carbocycles. The van der Waals surface area contributed by atoms with Crippen LogP contribution in [0.3, 0.4) is 0 Å². The molecule has 0 aromatic rings. The fourth-order valence-corrected chi connectivity index (χ4v) is 0.855. The molecule has 0 radical (unpaired) electrons. The summed E-state index contributed by atoms with van der Waals surface area (Å²) in [7, 11) is 0. The molecule has 0 aliphatic heterocycles. The van der Waals surface area contributed by atoms with E-state index in [0.717, 1.165) is 0 Å². The molecule has 0 aromatic heterocycles. The van der Waals surface area contributed by atoms with Crippen molar-refractivity contribution in [2.45, 2.75) is 24.2 Å². The van der Waals surface area contributed by atoms with Gasteiger partial charge in [0.05, 0.1) is 24.2 Å². The van der Waals surface area contributed by atoms with Gasteiger partial charge in [0.2, 0.25) is 0 Å². The Hall–Kier alpha value is -0.192. The van der Waals surface area contributed by atoms with E-state index in [9.17, 15) is 19.2 Å². The van der Waals surface area contributed by atoms with Crippen molar-refractivity contribution in [2.24, 2.45) is 22.9 Å². The maximum Gasteiger partial charge on any atom is 4.00 e. The van der Waals surface area contributed by atoms with Crippen molar-refractivity contribution < 1.29 is 60.7 Å². The number of aliphatic carboxylic acids is 4. The first kappa shape index (κ1) is 39.3. The summed E-state index contributed by atoms with van der Waals surface area (Å²) in [4.78, 5) is 39.0. The average Bonchev–Trinajstić information content (AvgIpc) is 2.66. The predicted octanol–water partition coefficient (Wildman–Crippen LogP) is -4.22. The van der Waals surface area contributed by atoms with Crippen LogP contribution in [0.5, 0.6) is 0 Å². The molecule has 17 heteroatoms. The molecule has 29 heavy (non-hydrogen) atoms. The van der Waals surface area contributed by atoms with Crippen molar-refractivity contribution in [1.29, 1.82) is 0 Å². The molecule has 0 unspecified atom stereocenters. The third-order valence-corrected chi connectivity index (χ3v) is 3.42. The van der Waals surface area contributed by atoms with Gasteiger partial charge in [-0.2, -0.15) is 23.0 Å². The molecule has 4 atom stereocenters. The Balaban J connectivity index is -0.0000000873. The quantitative estimate of drug-likeness (QED) is 0.114. The zero-order valence-electron chi connectivity index (χ0n) is 14.8. The van der Waals surface area contributed by atoms with Crippen LogP contribution in [0.2, 0.25) is 0 Å². The molecule has 174 valence electrons. The third kappa shape index (κ3) is 32.7. The molecule has 0 saturated heterocycles. The minimum Gasteiger partial charge on any atom is -0.791 e. The zero-order chi connectivity index (χ0) is 23.4. The summed E-state index contributed by atoms with van der Waals surface area (Å²) >= 11 is 17.4. The molecular formula is C12H24N4O8PtS4. The normalized spacial score (nSPS) is 13.0. The van der Waals surface area contributed by atoms with Crippen LogP contribution in [-0.2, 0) is 90.8 Å². The Morgan fingerprint density at radius 1 is 0.517 bits per heavy atom. The molecule has 12 nitrogen and oxygen atoms in total. The maximum absolute atomic E-state index is 9.74. The Labute approximate surface area is 204 Å². The minimum atomic E-state index is -1.03. The number of hydrogen-bond donors (Lipinski definition) is 8. The summed E-state index contributed by atoms with van der Waals surface area (Å²) < 4.78 is 0. The summed E-state index contributed by atoms with van der Waals surface area (Å²) in [5.41, 5.74) is 19.6.